The van der Waals surface area contributed by atoms with Gasteiger partial charge in [-0.05, 0) is 58.1 Å². The molecule has 1 aliphatic rings. The topological polar surface area (TPSA) is 108 Å². The second-order valence-electron chi connectivity index (χ2n) is 12.7. The predicted octanol–water partition coefficient (Wildman–Crippen LogP) is 6.74. The van der Waals surface area contributed by atoms with E-state index in [1.165, 1.54) is 0 Å². The molecular formula is C35H51N3O5. The predicted molar refractivity (Wildman–Crippen MR) is 170 cm³/mol. The molecule has 1 fully saturated rings. The number of amides is 3. The molecule has 2 aromatic carbocycles. The van der Waals surface area contributed by atoms with Gasteiger partial charge in [-0.1, -0.05) is 94.0 Å². The number of para-hydroxylation sites is 1. The molecule has 0 radical (unpaired) electrons. The molecule has 0 heterocycles. The van der Waals surface area contributed by atoms with Crippen LogP contribution in [-0.2, 0) is 20.7 Å². The Morgan fingerprint density at radius 3 is 2.33 bits per heavy atom. The highest BCUT2D eigenvalue weighted by Crippen LogP contribution is 2.33. The largest absolute Gasteiger partial charge is 0.507 e. The maximum absolute atomic E-state index is 14.6. The van der Waals surface area contributed by atoms with Crippen molar-refractivity contribution in [2.45, 2.75) is 123 Å². The van der Waals surface area contributed by atoms with Crippen LogP contribution >= 0.6 is 0 Å². The number of ether oxygens (including phenoxy) is 1. The van der Waals surface area contributed by atoms with E-state index >= 15 is 0 Å². The van der Waals surface area contributed by atoms with E-state index in [0.29, 0.717) is 24.1 Å². The average molecular weight is 594 g/mol. The number of carbonyl (C=O) groups is 3. The maximum atomic E-state index is 14.6. The van der Waals surface area contributed by atoms with E-state index in [4.69, 9.17) is 4.74 Å². The molecule has 3 N–H and O–H groups in total. The summed E-state index contributed by atoms with van der Waals surface area (Å²) in [4.78, 5) is 43.3. The molecule has 236 valence electrons. The zero-order valence-electron chi connectivity index (χ0n) is 26.7. The van der Waals surface area contributed by atoms with Crippen LogP contribution in [-0.4, -0.2) is 52.1 Å². The Hall–Kier alpha value is -3.55. The van der Waals surface area contributed by atoms with Crippen LogP contribution in [0.25, 0.3) is 0 Å². The Morgan fingerprint density at radius 1 is 0.977 bits per heavy atom. The minimum atomic E-state index is -1.06. The third-order valence-corrected chi connectivity index (χ3v) is 7.88. The monoisotopic (exact) mass is 593 g/mol. The molecule has 2 unspecified atom stereocenters. The van der Waals surface area contributed by atoms with Crippen LogP contribution in [0.5, 0.6) is 5.75 Å². The minimum absolute atomic E-state index is 0.00244. The molecule has 8 heteroatoms. The standard InChI is InChI=1S/C35H51N3O5/c1-6-7-8-15-23-38(33(41)29(24-26-18-11-9-12-19-26)37-34(42)43-35(3,4)5)30(28-22-16-17-25(2)31(28)39)32(40)36-27-20-13-10-14-21-27/h9,11-12,16-19,22,27,29-30,39H,6-8,10,13-15,20-21,23-24H2,1-5H3,(H,36,40)(H,37,42). The first-order valence-electron chi connectivity index (χ1n) is 15.9. The third-order valence-electron chi connectivity index (χ3n) is 7.88. The van der Waals surface area contributed by atoms with Gasteiger partial charge in [0.15, 0.2) is 0 Å². The number of nitrogens with one attached hydrogen (secondary N) is 2. The van der Waals surface area contributed by atoms with Gasteiger partial charge < -0.3 is 25.4 Å². The summed E-state index contributed by atoms with van der Waals surface area (Å²) in [6, 6.07) is 12.8. The van der Waals surface area contributed by atoms with E-state index in [2.05, 4.69) is 17.6 Å². The van der Waals surface area contributed by atoms with Crippen molar-refractivity contribution < 1.29 is 24.2 Å². The van der Waals surface area contributed by atoms with Crippen molar-refractivity contribution in [2.24, 2.45) is 0 Å². The molecule has 0 aromatic heterocycles. The Morgan fingerprint density at radius 2 is 1.67 bits per heavy atom. The molecule has 0 bridgehead atoms. The van der Waals surface area contributed by atoms with Crippen molar-refractivity contribution in [1.82, 2.24) is 15.5 Å². The lowest BCUT2D eigenvalue weighted by atomic mass is 9.93. The third kappa shape index (κ3) is 10.6. The number of phenols is 1. The second-order valence-corrected chi connectivity index (χ2v) is 12.7. The summed E-state index contributed by atoms with van der Waals surface area (Å²) in [6.07, 6.45) is 8.13. The quantitative estimate of drug-likeness (QED) is 0.223. The fourth-order valence-electron chi connectivity index (χ4n) is 5.66. The van der Waals surface area contributed by atoms with Gasteiger partial charge in [-0.2, -0.15) is 0 Å². The lowest BCUT2D eigenvalue weighted by molar-refractivity contribution is -0.143. The Balaban J connectivity index is 2.05. The lowest BCUT2D eigenvalue weighted by Crippen LogP contribution is -2.54. The van der Waals surface area contributed by atoms with E-state index in [-0.39, 0.29) is 24.1 Å². The number of alkyl carbamates (subject to hydrolysis) is 1. The van der Waals surface area contributed by atoms with Crippen LogP contribution < -0.4 is 10.6 Å². The van der Waals surface area contributed by atoms with Crippen molar-refractivity contribution in [3.63, 3.8) is 0 Å². The number of unbranched alkanes of at least 4 members (excludes halogenated alkanes) is 3. The summed E-state index contributed by atoms with van der Waals surface area (Å²) in [5, 5.41) is 17.2. The molecule has 2 atom stereocenters. The van der Waals surface area contributed by atoms with Crippen LogP contribution in [0, 0.1) is 6.92 Å². The molecule has 1 saturated carbocycles. The Kier molecular flexibility index (Phi) is 12.9. The highest BCUT2D eigenvalue weighted by molar-refractivity contribution is 5.93. The summed E-state index contributed by atoms with van der Waals surface area (Å²) in [7, 11) is 0. The SMILES string of the molecule is CCCCCCN(C(=O)C(Cc1ccccc1)NC(=O)OC(C)(C)C)C(C(=O)NC1CCCCC1)c1cccc(C)c1O. The number of rotatable bonds is 13. The maximum Gasteiger partial charge on any atom is 0.408 e. The van der Waals surface area contributed by atoms with E-state index in [9.17, 15) is 19.5 Å². The van der Waals surface area contributed by atoms with Gasteiger partial charge in [-0.15, -0.1) is 0 Å². The van der Waals surface area contributed by atoms with Crippen molar-refractivity contribution in [3.8, 4) is 5.75 Å². The zero-order chi connectivity index (χ0) is 31.4. The van der Waals surface area contributed by atoms with Crippen molar-refractivity contribution in [3.05, 3.63) is 65.2 Å². The van der Waals surface area contributed by atoms with Gasteiger partial charge in [-0.25, -0.2) is 4.79 Å². The molecule has 0 aliphatic heterocycles. The summed E-state index contributed by atoms with van der Waals surface area (Å²) in [5.74, 6) is -0.708. The molecule has 43 heavy (non-hydrogen) atoms. The number of nitrogens with zero attached hydrogens (tertiary/aromatic N) is 1. The first-order valence-corrected chi connectivity index (χ1v) is 15.9. The van der Waals surface area contributed by atoms with Crippen molar-refractivity contribution in [2.75, 3.05) is 6.54 Å². The minimum Gasteiger partial charge on any atom is -0.507 e. The van der Waals surface area contributed by atoms with E-state index < -0.39 is 29.7 Å². The highest BCUT2D eigenvalue weighted by Gasteiger charge is 2.38. The number of hydrogen-bond acceptors (Lipinski definition) is 5. The molecule has 1 aliphatic carbocycles. The van der Waals surface area contributed by atoms with E-state index in [1.807, 2.05) is 30.3 Å². The van der Waals surface area contributed by atoms with Gasteiger partial charge in [0.25, 0.3) is 0 Å². The molecule has 3 rings (SSSR count). The van der Waals surface area contributed by atoms with Crippen LogP contribution in [0.1, 0.15) is 108 Å². The normalized spacial score (nSPS) is 15.3. The Labute approximate surface area is 257 Å². The van der Waals surface area contributed by atoms with Gasteiger partial charge in [0.2, 0.25) is 11.8 Å². The van der Waals surface area contributed by atoms with Gasteiger partial charge >= 0.3 is 6.09 Å². The fraction of sp³-hybridized carbons (Fsp3) is 0.571. The smallest absolute Gasteiger partial charge is 0.408 e. The van der Waals surface area contributed by atoms with Gasteiger partial charge in [0.05, 0.1) is 0 Å². The number of aromatic hydroxyl groups is 1. The van der Waals surface area contributed by atoms with Crippen LogP contribution in [0.3, 0.4) is 0 Å². The Bertz CT molecular complexity index is 1190. The molecule has 2 aromatic rings. The number of carbonyl (C=O) groups excluding carboxylic acids is 3. The first kappa shape index (κ1) is 33.9. The summed E-state index contributed by atoms with van der Waals surface area (Å²) in [5.41, 5.74) is 1.12. The molecular weight excluding hydrogens is 542 g/mol. The van der Waals surface area contributed by atoms with Gasteiger partial charge in [0.1, 0.15) is 23.4 Å². The van der Waals surface area contributed by atoms with Gasteiger partial charge in [0, 0.05) is 24.6 Å². The van der Waals surface area contributed by atoms with E-state index in [0.717, 1.165) is 56.9 Å². The molecule has 3 amide bonds. The average Bonchev–Trinajstić information content (AvgIpc) is 2.96. The number of phenolic OH excluding ortho intramolecular Hbond substituents is 1. The number of aryl methyl sites for hydroxylation is 1. The number of hydrogen-bond donors (Lipinski definition) is 3. The summed E-state index contributed by atoms with van der Waals surface area (Å²) in [6.45, 7) is 9.52. The van der Waals surface area contributed by atoms with Crippen LogP contribution in [0.15, 0.2) is 48.5 Å². The number of benzene rings is 2. The van der Waals surface area contributed by atoms with E-state index in [1.54, 1.807) is 50.8 Å². The molecule has 8 nitrogen and oxygen atoms in total. The van der Waals surface area contributed by atoms with Crippen LogP contribution in [0.4, 0.5) is 4.79 Å². The van der Waals surface area contributed by atoms with Crippen molar-refractivity contribution >= 4 is 17.9 Å². The molecule has 0 spiro atoms. The fourth-order valence-corrected chi connectivity index (χ4v) is 5.66. The van der Waals surface area contributed by atoms with Gasteiger partial charge in [-0.3, -0.25) is 9.59 Å². The second kappa shape index (κ2) is 16.3. The highest BCUT2D eigenvalue weighted by atomic mass is 16.6. The van der Waals surface area contributed by atoms with Crippen LogP contribution in [0.2, 0.25) is 0 Å². The summed E-state index contributed by atoms with van der Waals surface area (Å²) >= 11 is 0. The molecule has 0 saturated heterocycles. The van der Waals surface area contributed by atoms with Crippen molar-refractivity contribution in [1.29, 1.82) is 0 Å². The lowest BCUT2D eigenvalue weighted by Gasteiger charge is -2.36. The first-order chi connectivity index (χ1) is 20.5. The zero-order valence-corrected chi connectivity index (χ0v) is 26.7. The summed E-state index contributed by atoms with van der Waals surface area (Å²) < 4.78 is 5.54.